The van der Waals surface area contributed by atoms with Crippen molar-refractivity contribution in [3.05, 3.63) is 11.6 Å². The summed E-state index contributed by atoms with van der Waals surface area (Å²) in [6, 6.07) is 0. The Morgan fingerprint density at radius 1 is 1.43 bits per heavy atom. The van der Waals surface area contributed by atoms with Crippen molar-refractivity contribution in [3.8, 4) is 0 Å². The highest BCUT2D eigenvalue weighted by atomic mass is 16.5. The van der Waals surface area contributed by atoms with Gasteiger partial charge in [0.15, 0.2) is 5.78 Å². The third-order valence-electron chi connectivity index (χ3n) is 2.33. The van der Waals surface area contributed by atoms with E-state index in [1.165, 1.54) is 0 Å². The van der Waals surface area contributed by atoms with E-state index in [1.807, 2.05) is 13.8 Å². The first kappa shape index (κ1) is 11.4. The molecular weight excluding hydrogens is 176 g/mol. The van der Waals surface area contributed by atoms with E-state index in [9.17, 15) is 4.79 Å². The molecule has 14 heavy (non-hydrogen) atoms. The van der Waals surface area contributed by atoms with Crippen molar-refractivity contribution in [2.24, 2.45) is 5.41 Å². The largest absolute Gasteiger partial charge is 0.374 e. The molecule has 0 aromatic rings. The molecule has 0 N–H and O–H groups in total. The Kier molecular flexibility index (Phi) is 3.48. The van der Waals surface area contributed by atoms with E-state index >= 15 is 0 Å². The fraction of sp³-hybridized carbons (Fsp3) is 0.750. The summed E-state index contributed by atoms with van der Waals surface area (Å²) in [5, 5.41) is 0. The molecule has 0 heterocycles. The van der Waals surface area contributed by atoms with Crippen molar-refractivity contribution in [3.63, 3.8) is 0 Å². The van der Waals surface area contributed by atoms with Crippen molar-refractivity contribution in [2.45, 2.75) is 46.6 Å². The molecule has 80 valence electrons. The molecule has 0 bridgehead atoms. The van der Waals surface area contributed by atoms with Crippen LogP contribution in [0.3, 0.4) is 0 Å². The molecule has 0 unspecified atom stereocenters. The minimum atomic E-state index is 0.113. The van der Waals surface area contributed by atoms with E-state index in [-0.39, 0.29) is 17.3 Å². The summed E-state index contributed by atoms with van der Waals surface area (Å²) in [5.41, 5.74) is 1.25. The van der Waals surface area contributed by atoms with Crippen LogP contribution in [0.2, 0.25) is 0 Å². The van der Waals surface area contributed by atoms with Crippen molar-refractivity contribution < 1.29 is 9.53 Å². The zero-order valence-electron chi connectivity index (χ0n) is 9.59. The van der Waals surface area contributed by atoms with Gasteiger partial charge in [0, 0.05) is 6.42 Å². The maximum atomic E-state index is 11.4. The van der Waals surface area contributed by atoms with Crippen LogP contribution in [0.15, 0.2) is 11.6 Å². The average molecular weight is 196 g/mol. The lowest BCUT2D eigenvalue weighted by molar-refractivity contribution is -0.117. The van der Waals surface area contributed by atoms with Crippen LogP contribution in [0, 0.1) is 5.41 Å². The standard InChI is InChI=1S/C12H20O2/c1-9(2)14-8-10-5-11(13)7-12(3,4)6-10/h5,9H,6-8H2,1-4H3. The quantitative estimate of drug-likeness (QED) is 0.693. The van der Waals surface area contributed by atoms with Crippen LogP contribution in [-0.2, 0) is 9.53 Å². The topological polar surface area (TPSA) is 26.3 Å². The number of hydrogen-bond donors (Lipinski definition) is 0. The first-order valence-corrected chi connectivity index (χ1v) is 5.23. The van der Waals surface area contributed by atoms with E-state index in [1.54, 1.807) is 6.08 Å². The van der Waals surface area contributed by atoms with Gasteiger partial charge < -0.3 is 4.74 Å². The average Bonchev–Trinajstić information content (AvgIpc) is 1.96. The highest BCUT2D eigenvalue weighted by molar-refractivity contribution is 5.91. The van der Waals surface area contributed by atoms with Crippen molar-refractivity contribution in [1.82, 2.24) is 0 Å². The SMILES string of the molecule is CC(C)OCC1=CC(=O)CC(C)(C)C1. The molecule has 0 aromatic heterocycles. The second-order valence-electron chi connectivity index (χ2n) is 5.15. The Morgan fingerprint density at radius 3 is 2.57 bits per heavy atom. The molecule has 0 fully saturated rings. The van der Waals surface area contributed by atoms with Gasteiger partial charge in [0.1, 0.15) is 0 Å². The number of ketones is 1. The molecule has 0 amide bonds. The summed E-state index contributed by atoms with van der Waals surface area (Å²) in [7, 11) is 0. The lowest BCUT2D eigenvalue weighted by Gasteiger charge is -2.29. The highest BCUT2D eigenvalue weighted by Crippen LogP contribution is 2.33. The van der Waals surface area contributed by atoms with Gasteiger partial charge in [-0.3, -0.25) is 4.79 Å². The molecule has 1 aliphatic carbocycles. The van der Waals surface area contributed by atoms with Crippen LogP contribution in [0.5, 0.6) is 0 Å². The second kappa shape index (κ2) is 4.26. The summed E-state index contributed by atoms with van der Waals surface area (Å²) in [5.74, 6) is 0.239. The second-order valence-corrected chi connectivity index (χ2v) is 5.15. The normalized spacial score (nSPS) is 21.2. The smallest absolute Gasteiger partial charge is 0.156 e. The van der Waals surface area contributed by atoms with Gasteiger partial charge in [0.25, 0.3) is 0 Å². The maximum absolute atomic E-state index is 11.4. The van der Waals surface area contributed by atoms with Crippen molar-refractivity contribution in [2.75, 3.05) is 6.61 Å². The Hall–Kier alpha value is -0.630. The zero-order chi connectivity index (χ0) is 10.8. The number of allylic oxidation sites excluding steroid dienone is 1. The lowest BCUT2D eigenvalue weighted by Crippen LogP contribution is -2.24. The van der Waals surface area contributed by atoms with E-state index in [4.69, 9.17) is 4.74 Å². The molecular formula is C12H20O2. The Morgan fingerprint density at radius 2 is 2.07 bits per heavy atom. The molecule has 0 aromatic carbocycles. The van der Waals surface area contributed by atoms with Gasteiger partial charge in [-0.15, -0.1) is 0 Å². The van der Waals surface area contributed by atoms with E-state index in [0.29, 0.717) is 13.0 Å². The third kappa shape index (κ3) is 3.62. The van der Waals surface area contributed by atoms with Gasteiger partial charge in [0.2, 0.25) is 0 Å². The molecule has 1 aliphatic rings. The molecule has 2 heteroatoms. The number of carbonyl (C=O) groups excluding carboxylic acids is 1. The minimum Gasteiger partial charge on any atom is -0.374 e. The predicted octanol–water partition coefficient (Wildman–Crippen LogP) is 2.73. The van der Waals surface area contributed by atoms with Crippen LogP contribution in [0.1, 0.15) is 40.5 Å². The molecule has 0 saturated heterocycles. The van der Waals surface area contributed by atoms with Gasteiger partial charge in [-0.05, 0) is 37.3 Å². The molecule has 0 radical (unpaired) electrons. The number of hydrogen-bond acceptors (Lipinski definition) is 2. The molecule has 0 spiro atoms. The maximum Gasteiger partial charge on any atom is 0.156 e. The molecule has 2 nitrogen and oxygen atoms in total. The number of carbonyl (C=O) groups is 1. The molecule has 1 rings (SSSR count). The van der Waals surface area contributed by atoms with Gasteiger partial charge in [-0.25, -0.2) is 0 Å². The fourth-order valence-corrected chi connectivity index (χ4v) is 1.84. The monoisotopic (exact) mass is 196 g/mol. The van der Waals surface area contributed by atoms with Gasteiger partial charge >= 0.3 is 0 Å². The minimum absolute atomic E-state index is 0.113. The van der Waals surface area contributed by atoms with E-state index in [2.05, 4.69) is 13.8 Å². The summed E-state index contributed by atoms with van der Waals surface area (Å²) < 4.78 is 5.50. The van der Waals surface area contributed by atoms with Gasteiger partial charge in [-0.2, -0.15) is 0 Å². The van der Waals surface area contributed by atoms with Crippen LogP contribution in [-0.4, -0.2) is 18.5 Å². The number of rotatable bonds is 3. The van der Waals surface area contributed by atoms with Crippen LogP contribution >= 0.6 is 0 Å². The Labute approximate surface area is 86.3 Å². The zero-order valence-corrected chi connectivity index (χ0v) is 9.59. The summed E-state index contributed by atoms with van der Waals surface area (Å²) >= 11 is 0. The van der Waals surface area contributed by atoms with Gasteiger partial charge in [0.05, 0.1) is 12.7 Å². The fourth-order valence-electron chi connectivity index (χ4n) is 1.84. The third-order valence-corrected chi connectivity index (χ3v) is 2.33. The highest BCUT2D eigenvalue weighted by Gasteiger charge is 2.27. The lowest BCUT2D eigenvalue weighted by atomic mass is 9.77. The molecule has 0 aliphatic heterocycles. The van der Waals surface area contributed by atoms with Gasteiger partial charge in [-0.1, -0.05) is 13.8 Å². The molecule has 0 atom stereocenters. The van der Waals surface area contributed by atoms with Crippen molar-refractivity contribution >= 4 is 5.78 Å². The first-order chi connectivity index (χ1) is 6.39. The van der Waals surface area contributed by atoms with Crippen LogP contribution < -0.4 is 0 Å². The van der Waals surface area contributed by atoms with Crippen LogP contribution in [0.25, 0.3) is 0 Å². The van der Waals surface area contributed by atoms with Crippen LogP contribution in [0.4, 0.5) is 0 Å². The Balaban J connectivity index is 2.56. The number of ether oxygens (including phenoxy) is 1. The predicted molar refractivity (Wildman–Crippen MR) is 57.2 cm³/mol. The summed E-state index contributed by atoms with van der Waals surface area (Å²) in [6.45, 7) is 8.89. The summed E-state index contributed by atoms with van der Waals surface area (Å²) in [4.78, 5) is 11.4. The van der Waals surface area contributed by atoms with Crippen molar-refractivity contribution in [1.29, 1.82) is 0 Å². The molecule has 0 saturated carbocycles. The Bertz CT molecular complexity index is 249. The summed E-state index contributed by atoms with van der Waals surface area (Å²) in [6.07, 6.45) is 3.63. The first-order valence-electron chi connectivity index (χ1n) is 5.23. The van der Waals surface area contributed by atoms with E-state index < -0.39 is 0 Å². The van der Waals surface area contributed by atoms with E-state index in [0.717, 1.165) is 12.0 Å².